The summed E-state index contributed by atoms with van der Waals surface area (Å²) in [5, 5.41) is 0. The first-order valence-electron chi connectivity index (χ1n) is 7.44. The summed E-state index contributed by atoms with van der Waals surface area (Å²) in [6, 6.07) is 0.674. The number of hydrogen-bond donors (Lipinski definition) is 0. The zero-order chi connectivity index (χ0) is 11.9. The second-order valence-electron chi connectivity index (χ2n) is 5.48. The average Bonchev–Trinajstić information content (AvgIpc) is 2.39. The first-order chi connectivity index (χ1) is 8.40. The molecule has 0 aromatic rings. The van der Waals surface area contributed by atoms with Crippen molar-refractivity contribution in [2.45, 2.75) is 45.1 Å². The highest BCUT2D eigenvalue weighted by atomic mass is 16.5. The van der Waals surface area contributed by atoms with Crippen LogP contribution in [0.1, 0.15) is 39.0 Å². The maximum absolute atomic E-state index is 5.84. The Kier molecular flexibility index (Phi) is 5.75. The lowest BCUT2D eigenvalue weighted by molar-refractivity contribution is -0.0299. The van der Waals surface area contributed by atoms with E-state index in [2.05, 4.69) is 16.7 Å². The second kappa shape index (κ2) is 7.34. The quantitative estimate of drug-likeness (QED) is 0.603. The Morgan fingerprint density at radius 3 is 2.41 bits per heavy atom. The molecule has 3 heterocycles. The van der Waals surface area contributed by atoms with Gasteiger partial charge in [-0.05, 0) is 6.42 Å². The van der Waals surface area contributed by atoms with Gasteiger partial charge in [0.1, 0.15) is 0 Å². The lowest BCUT2D eigenvalue weighted by Crippen LogP contribution is -2.62. The fraction of sp³-hybridized carbons (Fsp3) is 1.00. The van der Waals surface area contributed by atoms with Gasteiger partial charge < -0.3 is 4.74 Å². The van der Waals surface area contributed by atoms with Gasteiger partial charge in [-0.2, -0.15) is 0 Å². The summed E-state index contributed by atoms with van der Waals surface area (Å²) >= 11 is 0. The Hall–Kier alpha value is -0.120. The van der Waals surface area contributed by atoms with Gasteiger partial charge in [-0.1, -0.05) is 32.6 Å². The topological polar surface area (TPSA) is 15.7 Å². The van der Waals surface area contributed by atoms with Crippen LogP contribution in [-0.2, 0) is 4.74 Å². The van der Waals surface area contributed by atoms with Gasteiger partial charge in [0.15, 0.2) is 0 Å². The van der Waals surface area contributed by atoms with E-state index >= 15 is 0 Å². The highest BCUT2D eigenvalue weighted by Gasteiger charge is 2.31. The van der Waals surface area contributed by atoms with Crippen molar-refractivity contribution in [1.29, 1.82) is 0 Å². The molecule has 0 aromatic heterocycles. The Balaban J connectivity index is 1.48. The molecule has 3 heteroatoms. The Morgan fingerprint density at radius 2 is 1.76 bits per heavy atom. The molecule has 3 aliphatic rings. The molecule has 2 bridgehead atoms. The van der Waals surface area contributed by atoms with E-state index in [1.807, 2.05) is 0 Å². The van der Waals surface area contributed by atoms with Crippen LogP contribution in [-0.4, -0.2) is 61.8 Å². The summed E-state index contributed by atoms with van der Waals surface area (Å²) < 4.78 is 5.84. The molecule has 0 saturated carbocycles. The van der Waals surface area contributed by atoms with E-state index in [1.165, 1.54) is 64.8 Å². The summed E-state index contributed by atoms with van der Waals surface area (Å²) in [5.41, 5.74) is 0. The number of piperazine rings is 3. The third-order valence-electron chi connectivity index (χ3n) is 4.09. The fourth-order valence-corrected chi connectivity index (χ4v) is 2.91. The van der Waals surface area contributed by atoms with Crippen LogP contribution in [0, 0.1) is 0 Å². The number of nitrogens with zero attached hydrogens (tertiary/aromatic N) is 2. The minimum absolute atomic E-state index is 0.674. The predicted octanol–water partition coefficient (Wildman–Crippen LogP) is 1.97. The van der Waals surface area contributed by atoms with Gasteiger partial charge in [-0.25, -0.2) is 0 Å². The zero-order valence-electron chi connectivity index (χ0n) is 11.4. The average molecular weight is 240 g/mol. The monoisotopic (exact) mass is 240 g/mol. The first kappa shape index (κ1) is 13.3. The lowest BCUT2D eigenvalue weighted by atomic mass is 10.1. The molecule has 0 aromatic carbocycles. The Morgan fingerprint density at radius 1 is 1.00 bits per heavy atom. The highest BCUT2D eigenvalue weighted by molar-refractivity contribution is 4.87. The van der Waals surface area contributed by atoms with Crippen molar-refractivity contribution in [1.82, 2.24) is 9.80 Å². The number of hydrogen-bond acceptors (Lipinski definition) is 3. The third kappa shape index (κ3) is 4.23. The molecule has 3 nitrogen and oxygen atoms in total. The molecule has 0 N–H and O–H groups in total. The molecule has 1 unspecified atom stereocenters. The van der Waals surface area contributed by atoms with E-state index < -0.39 is 0 Å². The third-order valence-corrected chi connectivity index (χ3v) is 4.09. The van der Waals surface area contributed by atoms with Gasteiger partial charge in [0.2, 0.25) is 0 Å². The lowest BCUT2D eigenvalue weighted by Gasteiger charge is -2.47. The summed E-state index contributed by atoms with van der Waals surface area (Å²) in [7, 11) is 0. The molecule has 3 aliphatic heterocycles. The van der Waals surface area contributed by atoms with Crippen LogP contribution in [0.5, 0.6) is 0 Å². The van der Waals surface area contributed by atoms with Crippen LogP contribution >= 0.6 is 0 Å². The molecule has 3 fully saturated rings. The molecule has 3 saturated heterocycles. The maximum Gasteiger partial charge on any atom is 0.0634 e. The number of unbranched alkanes of at least 4 members (excludes halogenated alkanes) is 4. The van der Waals surface area contributed by atoms with Crippen LogP contribution in [0.3, 0.4) is 0 Å². The van der Waals surface area contributed by atoms with Crippen molar-refractivity contribution < 1.29 is 4.74 Å². The predicted molar refractivity (Wildman–Crippen MR) is 71.4 cm³/mol. The van der Waals surface area contributed by atoms with Crippen molar-refractivity contribution in [2.24, 2.45) is 0 Å². The molecule has 100 valence electrons. The molecule has 17 heavy (non-hydrogen) atoms. The number of rotatable bonds is 8. The SMILES string of the molecule is CCCCCCCOCC1CN2CCN1CC2. The molecular formula is C14H28N2O. The van der Waals surface area contributed by atoms with Crippen LogP contribution < -0.4 is 0 Å². The summed E-state index contributed by atoms with van der Waals surface area (Å²) in [6.45, 7) is 10.5. The van der Waals surface area contributed by atoms with E-state index in [-0.39, 0.29) is 0 Å². The largest absolute Gasteiger partial charge is 0.380 e. The van der Waals surface area contributed by atoms with Gasteiger partial charge in [0, 0.05) is 45.4 Å². The van der Waals surface area contributed by atoms with Crippen molar-refractivity contribution in [2.75, 3.05) is 45.9 Å². The normalized spacial score (nSPS) is 31.9. The first-order valence-corrected chi connectivity index (χ1v) is 7.44. The molecular weight excluding hydrogens is 212 g/mol. The fourth-order valence-electron chi connectivity index (χ4n) is 2.91. The van der Waals surface area contributed by atoms with E-state index in [4.69, 9.17) is 4.74 Å². The van der Waals surface area contributed by atoms with Crippen molar-refractivity contribution in [3.63, 3.8) is 0 Å². The molecule has 3 rings (SSSR count). The van der Waals surface area contributed by atoms with E-state index in [0.29, 0.717) is 6.04 Å². The van der Waals surface area contributed by atoms with E-state index in [0.717, 1.165) is 13.2 Å². The van der Waals surface area contributed by atoms with Crippen LogP contribution in [0.25, 0.3) is 0 Å². The smallest absolute Gasteiger partial charge is 0.0634 e. The summed E-state index contributed by atoms with van der Waals surface area (Å²) in [4.78, 5) is 5.19. The Labute approximate surface area is 106 Å². The number of ether oxygens (including phenoxy) is 1. The van der Waals surface area contributed by atoms with Gasteiger partial charge in [-0.15, -0.1) is 0 Å². The van der Waals surface area contributed by atoms with E-state index in [1.54, 1.807) is 0 Å². The maximum atomic E-state index is 5.84. The van der Waals surface area contributed by atoms with Crippen LogP contribution in [0.4, 0.5) is 0 Å². The molecule has 1 atom stereocenters. The van der Waals surface area contributed by atoms with Crippen molar-refractivity contribution >= 4 is 0 Å². The van der Waals surface area contributed by atoms with Crippen LogP contribution in [0.2, 0.25) is 0 Å². The van der Waals surface area contributed by atoms with Gasteiger partial charge in [0.05, 0.1) is 6.61 Å². The molecule has 0 amide bonds. The van der Waals surface area contributed by atoms with Gasteiger partial charge in [0.25, 0.3) is 0 Å². The minimum Gasteiger partial charge on any atom is -0.380 e. The molecule has 0 radical (unpaired) electrons. The number of fused-ring (bicyclic) bond motifs is 3. The van der Waals surface area contributed by atoms with Gasteiger partial charge in [-0.3, -0.25) is 9.80 Å². The minimum atomic E-state index is 0.674. The highest BCUT2D eigenvalue weighted by Crippen LogP contribution is 2.15. The van der Waals surface area contributed by atoms with E-state index in [9.17, 15) is 0 Å². The van der Waals surface area contributed by atoms with Crippen molar-refractivity contribution in [3.05, 3.63) is 0 Å². The van der Waals surface area contributed by atoms with Crippen molar-refractivity contribution in [3.8, 4) is 0 Å². The zero-order valence-corrected chi connectivity index (χ0v) is 11.4. The van der Waals surface area contributed by atoms with Crippen LogP contribution in [0.15, 0.2) is 0 Å². The standard InChI is InChI=1S/C14H28N2O/c1-2-3-4-5-6-11-17-13-14-12-15-7-9-16(14)10-8-15/h14H,2-13H2,1H3. The van der Waals surface area contributed by atoms with Gasteiger partial charge >= 0.3 is 0 Å². The summed E-state index contributed by atoms with van der Waals surface area (Å²) in [6.07, 6.45) is 6.67. The second-order valence-corrected chi connectivity index (χ2v) is 5.48. The Bertz CT molecular complexity index is 202. The summed E-state index contributed by atoms with van der Waals surface area (Å²) in [5.74, 6) is 0. The molecule has 0 spiro atoms. The molecule has 0 aliphatic carbocycles.